The molecule has 0 fully saturated rings. The Labute approximate surface area is 180 Å². The molecule has 1 aromatic carbocycles. The lowest BCUT2D eigenvalue weighted by atomic mass is 10.1. The third-order valence-corrected chi connectivity index (χ3v) is 6.52. The summed E-state index contributed by atoms with van der Waals surface area (Å²) < 4.78 is 13.6. The largest absolute Gasteiger partial charge is 0.494 e. The number of hydrogen-bond acceptors (Lipinski definition) is 5. The van der Waals surface area contributed by atoms with E-state index in [-0.39, 0.29) is 0 Å². The first-order valence-corrected chi connectivity index (χ1v) is 11.6. The Morgan fingerprint density at radius 1 is 0.963 bits per heavy atom. The molecule has 0 atom stereocenters. The molecule has 144 valence electrons. The second kappa shape index (κ2) is 10.4. The molecule has 0 aliphatic rings. The van der Waals surface area contributed by atoms with Gasteiger partial charge in [-0.25, -0.2) is 0 Å². The minimum Gasteiger partial charge on any atom is -0.494 e. The van der Waals surface area contributed by atoms with E-state index >= 15 is 0 Å². The molecule has 0 aliphatic carbocycles. The fourth-order valence-electron chi connectivity index (χ4n) is 2.70. The molecule has 7 heteroatoms. The van der Waals surface area contributed by atoms with Gasteiger partial charge in [0.05, 0.1) is 19.7 Å². The molecule has 0 bridgehead atoms. The summed E-state index contributed by atoms with van der Waals surface area (Å²) in [6.07, 6.45) is 7.58. The van der Waals surface area contributed by atoms with Crippen molar-refractivity contribution >= 4 is 43.2 Å². The number of rotatable bonds is 10. The van der Waals surface area contributed by atoms with Crippen LogP contribution in [0.15, 0.2) is 42.3 Å². The van der Waals surface area contributed by atoms with E-state index in [1.807, 2.05) is 30.3 Å². The highest BCUT2D eigenvalue weighted by atomic mass is 79.9. The molecular formula is C20H22Br2N2O2S. The Balaban J connectivity index is 1.53. The van der Waals surface area contributed by atoms with Crippen LogP contribution in [0.3, 0.4) is 0 Å². The van der Waals surface area contributed by atoms with Crippen LogP contribution in [0.1, 0.15) is 45.4 Å². The molecule has 2 aromatic heterocycles. The number of nitrogens with zero attached hydrogens (tertiary/aromatic N) is 2. The fourth-order valence-corrected chi connectivity index (χ4v) is 5.48. The number of ether oxygens (including phenoxy) is 1. The highest BCUT2D eigenvalue weighted by Gasteiger charge is 2.15. The smallest absolute Gasteiger partial charge is 0.250 e. The van der Waals surface area contributed by atoms with Crippen molar-refractivity contribution in [3.05, 3.63) is 37.9 Å². The van der Waals surface area contributed by atoms with E-state index in [4.69, 9.17) is 9.15 Å². The van der Waals surface area contributed by atoms with Crippen molar-refractivity contribution in [2.45, 2.75) is 45.4 Å². The zero-order chi connectivity index (χ0) is 19.1. The second-order valence-corrected chi connectivity index (χ2v) is 10.0. The number of halogens is 2. The first-order chi connectivity index (χ1) is 13.2. The molecule has 0 saturated carbocycles. The highest BCUT2D eigenvalue weighted by Crippen LogP contribution is 2.38. The van der Waals surface area contributed by atoms with Gasteiger partial charge >= 0.3 is 0 Å². The topological polar surface area (TPSA) is 48.2 Å². The zero-order valence-electron chi connectivity index (χ0n) is 15.2. The highest BCUT2D eigenvalue weighted by molar-refractivity contribution is 9.12. The van der Waals surface area contributed by atoms with Gasteiger partial charge in [-0.2, -0.15) is 0 Å². The number of unbranched alkanes of at least 4 members (excludes halogenated alkanes) is 5. The SMILES string of the molecule is CCCCCCCCOc1ccc(-c2nnc(-c3cc(Br)sc3Br)o2)cc1. The lowest BCUT2D eigenvalue weighted by molar-refractivity contribution is 0.304. The Hall–Kier alpha value is -1.18. The number of thiophene rings is 1. The van der Waals surface area contributed by atoms with E-state index < -0.39 is 0 Å². The van der Waals surface area contributed by atoms with Gasteiger partial charge in [0.1, 0.15) is 5.75 Å². The maximum absolute atomic E-state index is 5.83. The molecular weight excluding hydrogens is 492 g/mol. The van der Waals surface area contributed by atoms with E-state index in [1.54, 1.807) is 11.3 Å². The molecule has 0 radical (unpaired) electrons. The van der Waals surface area contributed by atoms with Gasteiger partial charge in [-0.15, -0.1) is 21.5 Å². The summed E-state index contributed by atoms with van der Waals surface area (Å²) in [6.45, 7) is 3.00. The van der Waals surface area contributed by atoms with E-state index in [1.165, 1.54) is 32.1 Å². The minimum absolute atomic E-state index is 0.502. The first kappa shape index (κ1) is 20.6. The van der Waals surface area contributed by atoms with Crippen molar-refractivity contribution in [1.82, 2.24) is 10.2 Å². The van der Waals surface area contributed by atoms with Gasteiger partial charge in [-0.3, -0.25) is 0 Å². The first-order valence-electron chi connectivity index (χ1n) is 9.19. The Morgan fingerprint density at radius 2 is 1.67 bits per heavy atom. The van der Waals surface area contributed by atoms with Crippen molar-refractivity contribution in [3.63, 3.8) is 0 Å². The molecule has 27 heavy (non-hydrogen) atoms. The lowest BCUT2D eigenvalue weighted by Crippen LogP contribution is -1.97. The predicted octanol–water partition coefficient (Wildman–Crippen LogP) is 7.73. The summed E-state index contributed by atoms with van der Waals surface area (Å²) in [5.41, 5.74) is 1.77. The molecule has 0 aliphatic heterocycles. The summed E-state index contributed by atoms with van der Waals surface area (Å²) in [6, 6.07) is 9.77. The van der Waals surface area contributed by atoms with E-state index in [0.29, 0.717) is 11.8 Å². The summed E-state index contributed by atoms with van der Waals surface area (Å²) >= 11 is 8.56. The molecule has 0 N–H and O–H groups in total. The lowest BCUT2D eigenvalue weighted by Gasteiger charge is -2.06. The quantitative estimate of drug-likeness (QED) is 0.260. The number of hydrogen-bond donors (Lipinski definition) is 0. The normalized spacial score (nSPS) is 11.1. The van der Waals surface area contributed by atoms with Gasteiger partial charge < -0.3 is 9.15 Å². The van der Waals surface area contributed by atoms with Gasteiger partial charge in [0.15, 0.2) is 0 Å². The van der Waals surface area contributed by atoms with E-state index in [9.17, 15) is 0 Å². The van der Waals surface area contributed by atoms with Crippen LogP contribution in [-0.2, 0) is 0 Å². The molecule has 4 nitrogen and oxygen atoms in total. The summed E-state index contributed by atoms with van der Waals surface area (Å²) in [5, 5.41) is 8.32. The third-order valence-electron chi connectivity index (χ3n) is 4.18. The summed E-state index contributed by atoms with van der Waals surface area (Å²) in [5.74, 6) is 1.88. The summed E-state index contributed by atoms with van der Waals surface area (Å²) in [7, 11) is 0. The maximum Gasteiger partial charge on any atom is 0.250 e. The zero-order valence-corrected chi connectivity index (χ0v) is 19.2. The molecule has 0 spiro atoms. The van der Waals surface area contributed by atoms with E-state index in [0.717, 1.165) is 37.5 Å². The van der Waals surface area contributed by atoms with Crippen molar-refractivity contribution in [2.24, 2.45) is 0 Å². The van der Waals surface area contributed by atoms with Gasteiger partial charge in [0, 0.05) is 5.56 Å². The van der Waals surface area contributed by atoms with Gasteiger partial charge in [-0.05, 0) is 68.6 Å². The van der Waals surface area contributed by atoms with E-state index in [2.05, 4.69) is 49.0 Å². The standard InChI is InChI=1S/C20H22Br2N2O2S/c1-2-3-4-5-6-7-12-25-15-10-8-14(9-11-15)19-23-24-20(26-19)16-13-17(21)27-18(16)22/h8-11,13H,2-7,12H2,1H3. The van der Waals surface area contributed by atoms with Crippen LogP contribution in [0.5, 0.6) is 5.75 Å². The Kier molecular flexibility index (Phi) is 7.91. The van der Waals surface area contributed by atoms with Crippen molar-refractivity contribution in [2.75, 3.05) is 6.61 Å². The molecule has 0 amide bonds. The van der Waals surface area contributed by atoms with Gasteiger partial charge in [0.2, 0.25) is 11.8 Å². The van der Waals surface area contributed by atoms with Crippen molar-refractivity contribution in [1.29, 1.82) is 0 Å². The molecule has 0 saturated heterocycles. The average Bonchev–Trinajstić information content (AvgIpc) is 3.27. The minimum atomic E-state index is 0.502. The number of aromatic nitrogens is 2. The van der Waals surface area contributed by atoms with Crippen molar-refractivity contribution < 1.29 is 9.15 Å². The maximum atomic E-state index is 5.83. The van der Waals surface area contributed by atoms with Crippen LogP contribution in [0.25, 0.3) is 22.9 Å². The van der Waals surface area contributed by atoms with Crippen LogP contribution in [0, 0.1) is 0 Å². The predicted molar refractivity (Wildman–Crippen MR) is 117 cm³/mol. The van der Waals surface area contributed by atoms with Gasteiger partial charge in [0.25, 0.3) is 0 Å². The van der Waals surface area contributed by atoms with Crippen LogP contribution >= 0.6 is 43.2 Å². The monoisotopic (exact) mass is 512 g/mol. The van der Waals surface area contributed by atoms with Crippen LogP contribution in [0.2, 0.25) is 0 Å². The fraction of sp³-hybridized carbons (Fsp3) is 0.400. The van der Waals surface area contributed by atoms with Gasteiger partial charge in [-0.1, -0.05) is 39.0 Å². The Bertz CT molecular complexity index is 846. The Morgan fingerprint density at radius 3 is 2.37 bits per heavy atom. The summed E-state index contributed by atoms with van der Waals surface area (Å²) in [4.78, 5) is 0. The molecule has 3 aromatic rings. The average molecular weight is 514 g/mol. The molecule has 0 unspecified atom stereocenters. The third kappa shape index (κ3) is 5.90. The van der Waals surface area contributed by atoms with Crippen LogP contribution in [0.4, 0.5) is 0 Å². The molecule has 2 heterocycles. The molecule has 3 rings (SSSR count). The van der Waals surface area contributed by atoms with Crippen LogP contribution in [-0.4, -0.2) is 16.8 Å². The second-order valence-electron chi connectivity index (χ2n) is 6.29. The number of benzene rings is 1. The van der Waals surface area contributed by atoms with Crippen LogP contribution < -0.4 is 4.74 Å². The van der Waals surface area contributed by atoms with Crippen molar-refractivity contribution in [3.8, 4) is 28.7 Å².